The van der Waals surface area contributed by atoms with Crippen LogP contribution in [-0.2, 0) is 9.47 Å². The van der Waals surface area contributed by atoms with E-state index in [1.54, 1.807) is 14.2 Å². The van der Waals surface area contributed by atoms with Gasteiger partial charge in [0.2, 0.25) is 0 Å². The maximum absolute atomic E-state index is 5.35. The molecule has 2 fully saturated rings. The zero-order valence-corrected chi connectivity index (χ0v) is 11.0. The highest BCUT2D eigenvalue weighted by Crippen LogP contribution is 2.35. The van der Waals surface area contributed by atoms with E-state index >= 15 is 0 Å². The van der Waals surface area contributed by atoms with E-state index in [0.29, 0.717) is 18.1 Å². The summed E-state index contributed by atoms with van der Waals surface area (Å²) >= 11 is 0. The van der Waals surface area contributed by atoms with E-state index in [9.17, 15) is 0 Å². The average Bonchev–Trinajstić information content (AvgIpc) is 2.98. The SMILES string of the molecule is COC(OC)c1cncn1C1CC2CCC(C1)N2. The summed E-state index contributed by atoms with van der Waals surface area (Å²) in [5, 5.41) is 3.66. The normalized spacial score (nSPS) is 31.2. The predicted molar refractivity (Wildman–Crippen MR) is 67.2 cm³/mol. The predicted octanol–water partition coefficient (Wildman–Crippen LogP) is 1.63. The van der Waals surface area contributed by atoms with E-state index in [0.717, 1.165) is 5.69 Å². The third-order valence-electron chi connectivity index (χ3n) is 4.21. The number of imidazole rings is 1. The minimum Gasteiger partial charge on any atom is -0.350 e. The monoisotopic (exact) mass is 251 g/mol. The third-order valence-corrected chi connectivity index (χ3v) is 4.21. The van der Waals surface area contributed by atoms with Crippen molar-refractivity contribution in [2.24, 2.45) is 0 Å². The van der Waals surface area contributed by atoms with Gasteiger partial charge in [-0.15, -0.1) is 0 Å². The zero-order valence-electron chi connectivity index (χ0n) is 11.0. The van der Waals surface area contributed by atoms with Crippen molar-refractivity contribution >= 4 is 0 Å². The Morgan fingerprint density at radius 2 is 1.94 bits per heavy atom. The summed E-state index contributed by atoms with van der Waals surface area (Å²) in [6, 6.07) is 1.87. The molecule has 3 rings (SSSR count). The van der Waals surface area contributed by atoms with Crippen molar-refractivity contribution in [1.29, 1.82) is 0 Å². The molecule has 2 unspecified atom stereocenters. The van der Waals surface area contributed by atoms with Gasteiger partial charge in [-0.3, -0.25) is 0 Å². The quantitative estimate of drug-likeness (QED) is 0.826. The number of ether oxygens (including phenoxy) is 2. The van der Waals surface area contributed by atoms with Gasteiger partial charge in [0, 0.05) is 32.3 Å². The molecule has 0 amide bonds. The summed E-state index contributed by atoms with van der Waals surface area (Å²) in [6.45, 7) is 0. The molecule has 0 aromatic carbocycles. The second kappa shape index (κ2) is 4.99. The fourth-order valence-corrected chi connectivity index (χ4v) is 3.39. The lowest BCUT2D eigenvalue weighted by atomic mass is 9.99. The van der Waals surface area contributed by atoms with Gasteiger partial charge < -0.3 is 19.4 Å². The Balaban J connectivity index is 1.82. The maximum Gasteiger partial charge on any atom is 0.200 e. The Labute approximate surface area is 107 Å². The largest absolute Gasteiger partial charge is 0.350 e. The molecule has 5 nitrogen and oxygen atoms in total. The summed E-state index contributed by atoms with van der Waals surface area (Å²) in [4.78, 5) is 4.27. The van der Waals surface area contributed by atoms with Gasteiger partial charge in [0.15, 0.2) is 6.29 Å². The second-order valence-electron chi connectivity index (χ2n) is 5.29. The molecule has 0 saturated carbocycles. The summed E-state index contributed by atoms with van der Waals surface area (Å²) < 4.78 is 12.9. The van der Waals surface area contributed by atoms with Crippen molar-refractivity contribution in [3.05, 3.63) is 18.2 Å². The molecule has 1 N–H and O–H groups in total. The van der Waals surface area contributed by atoms with Crippen LogP contribution in [0.5, 0.6) is 0 Å². The number of piperidine rings is 1. The van der Waals surface area contributed by atoms with Crippen LogP contribution in [0.4, 0.5) is 0 Å². The molecule has 2 bridgehead atoms. The molecule has 0 aliphatic carbocycles. The minimum absolute atomic E-state index is 0.319. The van der Waals surface area contributed by atoms with Crippen molar-refractivity contribution in [1.82, 2.24) is 14.9 Å². The first-order chi connectivity index (χ1) is 8.81. The van der Waals surface area contributed by atoms with E-state index in [1.807, 2.05) is 12.5 Å². The number of fused-ring (bicyclic) bond motifs is 2. The number of aromatic nitrogens is 2. The van der Waals surface area contributed by atoms with E-state index in [4.69, 9.17) is 9.47 Å². The number of rotatable bonds is 4. The second-order valence-corrected chi connectivity index (χ2v) is 5.29. The molecule has 1 aromatic rings. The van der Waals surface area contributed by atoms with Gasteiger partial charge in [0.25, 0.3) is 0 Å². The number of hydrogen-bond acceptors (Lipinski definition) is 4. The molecule has 0 spiro atoms. The van der Waals surface area contributed by atoms with Gasteiger partial charge >= 0.3 is 0 Å². The van der Waals surface area contributed by atoms with Crippen LogP contribution in [-0.4, -0.2) is 35.9 Å². The van der Waals surface area contributed by atoms with E-state index in [2.05, 4.69) is 14.9 Å². The first kappa shape index (κ1) is 12.1. The van der Waals surface area contributed by atoms with Crippen molar-refractivity contribution < 1.29 is 9.47 Å². The third kappa shape index (κ3) is 2.06. The average molecular weight is 251 g/mol. The standard InChI is InChI=1S/C13H21N3O2/c1-17-13(18-2)12-7-14-8-16(12)11-5-9-3-4-10(6-11)15-9/h7-11,13,15H,3-6H2,1-2H3. The van der Waals surface area contributed by atoms with Gasteiger partial charge in [-0.2, -0.15) is 0 Å². The summed E-state index contributed by atoms with van der Waals surface area (Å²) in [5.74, 6) is 0. The van der Waals surface area contributed by atoms with Crippen LogP contribution >= 0.6 is 0 Å². The Bertz CT molecular complexity index is 391. The number of nitrogens with zero attached hydrogens (tertiary/aromatic N) is 2. The van der Waals surface area contributed by atoms with Gasteiger partial charge in [0.05, 0.1) is 18.2 Å². The molecule has 2 aliphatic rings. The molecule has 2 aliphatic heterocycles. The fourth-order valence-electron chi connectivity index (χ4n) is 3.39. The molecule has 1 aromatic heterocycles. The Morgan fingerprint density at radius 1 is 1.28 bits per heavy atom. The minimum atomic E-state index is -0.319. The zero-order chi connectivity index (χ0) is 12.5. The molecule has 2 saturated heterocycles. The van der Waals surface area contributed by atoms with Gasteiger partial charge in [-0.25, -0.2) is 4.98 Å². The highest BCUT2D eigenvalue weighted by atomic mass is 16.7. The van der Waals surface area contributed by atoms with Crippen molar-refractivity contribution in [3.8, 4) is 0 Å². The van der Waals surface area contributed by atoms with Gasteiger partial charge in [-0.05, 0) is 25.7 Å². The molecular weight excluding hydrogens is 230 g/mol. The molecule has 100 valence electrons. The lowest BCUT2D eigenvalue weighted by Gasteiger charge is -2.31. The summed E-state index contributed by atoms with van der Waals surface area (Å²) in [6.07, 6.45) is 8.42. The lowest BCUT2D eigenvalue weighted by Crippen LogP contribution is -2.39. The van der Waals surface area contributed by atoms with Crippen molar-refractivity contribution in [3.63, 3.8) is 0 Å². The summed E-state index contributed by atoms with van der Waals surface area (Å²) in [5.41, 5.74) is 1.02. The lowest BCUT2D eigenvalue weighted by molar-refractivity contribution is -0.111. The van der Waals surface area contributed by atoms with Crippen LogP contribution in [0.25, 0.3) is 0 Å². The number of hydrogen-bond donors (Lipinski definition) is 1. The van der Waals surface area contributed by atoms with E-state index in [-0.39, 0.29) is 6.29 Å². The molecule has 18 heavy (non-hydrogen) atoms. The Hall–Kier alpha value is -0.910. The molecular formula is C13H21N3O2. The van der Waals surface area contributed by atoms with E-state index < -0.39 is 0 Å². The van der Waals surface area contributed by atoms with Crippen molar-refractivity contribution in [2.75, 3.05) is 14.2 Å². The molecule has 5 heteroatoms. The fraction of sp³-hybridized carbons (Fsp3) is 0.769. The molecule has 2 atom stereocenters. The van der Waals surface area contributed by atoms with Crippen LogP contribution in [0.15, 0.2) is 12.5 Å². The van der Waals surface area contributed by atoms with Gasteiger partial charge in [-0.1, -0.05) is 0 Å². The van der Waals surface area contributed by atoms with Crippen LogP contribution in [0, 0.1) is 0 Å². The van der Waals surface area contributed by atoms with Crippen LogP contribution in [0.2, 0.25) is 0 Å². The summed E-state index contributed by atoms with van der Waals surface area (Å²) in [7, 11) is 3.33. The molecule has 3 heterocycles. The molecule has 0 radical (unpaired) electrons. The van der Waals surface area contributed by atoms with Crippen LogP contribution in [0.1, 0.15) is 43.7 Å². The highest BCUT2D eigenvalue weighted by molar-refractivity contribution is 5.05. The first-order valence-corrected chi connectivity index (χ1v) is 6.65. The number of methoxy groups -OCH3 is 2. The Morgan fingerprint density at radius 3 is 2.56 bits per heavy atom. The highest BCUT2D eigenvalue weighted by Gasteiger charge is 2.35. The Kier molecular flexibility index (Phi) is 3.37. The maximum atomic E-state index is 5.35. The first-order valence-electron chi connectivity index (χ1n) is 6.65. The van der Waals surface area contributed by atoms with Crippen molar-refractivity contribution in [2.45, 2.75) is 50.1 Å². The topological polar surface area (TPSA) is 48.3 Å². The van der Waals surface area contributed by atoms with Gasteiger partial charge in [0.1, 0.15) is 0 Å². The van der Waals surface area contributed by atoms with Crippen LogP contribution in [0.3, 0.4) is 0 Å². The van der Waals surface area contributed by atoms with Crippen LogP contribution < -0.4 is 5.32 Å². The van der Waals surface area contributed by atoms with E-state index in [1.165, 1.54) is 25.7 Å². The smallest absolute Gasteiger partial charge is 0.200 e. The number of nitrogens with one attached hydrogen (secondary N) is 1.